The van der Waals surface area contributed by atoms with Gasteiger partial charge in [0.05, 0.1) is 12.1 Å². The highest BCUT2D eigenvalue weighted by Gasteiger charge is 2.38. The van der Waals surface area contributed by atoms with E-state index in [1.807, 2.05) is 98.6 Å². The number of pyridine rings is 1. The fourth-order valence-electron chi connectivity index (χ4n) is 8.06. The summed E-state index contributed by atoms with van der Waals surface area (Å²) in [4.78, 5) is 61.9. The van der Waals surface area contributed by atoms with E-state index in [4.69, 9.17) is 15.2 Å². The number of carbonyl (C=O) groups is 4. The lowest BCUT2D eigenvalue weighted by molar-refractivity contribution is -0.155. The SMILES string of the molecule is CC(C)(C)NC(=O)[C@@H]1CN(Cc2cccnc2)CCN1C[C@H](C[C@@H](Cc1ccccc1)C(=O)N[C@H]1c2ccccc2C[C@H]1O)OC(=O)COc1ccc(C[C@H](N)C(=O)O)cc1. The number of amides is 2. The second-order valence-corrected chi connectivity index (χ2v) is 17.1. The van der Waals surface area contributed by atoms with Gasteiger partial charge in [0.15, 0.2) is 6.61 Å². The molecule has 1 aliphatic heterocycles. The molecule has 0 radical (unpaired) electrons. The summed E-state index contributed by atoms with van der Waals surface area (Å²) in [7, 11) is 0. The van der Waals surface area contributed by atoms with E-state index in [1.54, 1.807) is 30.5 Å². The number of aliphatic carboxylic acids is 1. The molecule has 1 saturated heterocycles. The highest BCUT2D eigenvalue weighted by molar-refractivity contribution is 5.83. The standard InChI is InChI=1S/C47H58N6O8/c1-47(2,3)51-45(57)40-29-52(27-33-12-9-19-49-26-33)20-21-53(40)28-37(61-42(55)30-60-36-17-15-32(16-18-36)23-39(48)46(58)59)24-35(22-31-10-5-4-6-11-31)44(56)50-43-38-14-8-7-13-34(38)25-41(43)54/h4-19,26,35,37,39-41,43,54H,20-25,27-30,48H2,1-3H3,(H,50,56)(H,51,57)(H,58,59)/t35-,37+,39+,40+,41-,43+/m1/s1. The number of carbonyl (C=O) groups excluding carboxylic acids is 3. The van der Waals surface area contributed by atoms with Crippen molar-refractivity contribution in [2.75, 3.05) is 32.8 Å². The molecule has 2 amide bonds. The lowest BCUT2D eigenvalue weighted by Gasteiger charge is -2.42. The number of carboxylic acid groups (broad SMARTS) is 1. The average Bonchev–Trinajstić information content (AvgIpc) is 3.54. The van der Waals surface area contributed by atoms with Crippen LogP contribution in [0.4, 0.5) is 0 Å². The van der Waals surface area contributed by atoms with Gasteiger partial charge in [0.25, 0.3) is 0 Å². The molecule has 1 fully saturated rings. The zero-order valence-corrected chi connectivity index (χ0v) is 35.1. The first-order valence-corrected chi connectivity index (χ1v) is 20.9. The minimum atomic E-state index is -1.10. The molecule has 0 saturated carbocycles. The molecular weight excluding hydrogens is 777 g/mol. The average molecular weight is 835 g/mol. The second kappa shape index (κ2) is 20.7. The molecule has 6 rings (SSSR count). The lowest BCUT2D eigenvalue weighted by atomic mass is 9.91. The Morgan fingerprint density at radius 2 is 1.61 bits per heavy atom. The fraction of sp³-hybridized carbons (Fsp3) is 0.426. The summed E-state index contributed by atoms with van der Waals surface area (Å²) in [6.07, 6.45) is 2.93. The summed E-state index contributed by atoms with van der Waals surface area (Å²) in [5.41, 5.74) is 9.69. The van der Waals surface area contributed by atoms with E-state index in [2.05, 4.69) is 20.5 Å². The Morgan fingerprint density at radius 3 is 2.31 bits per heavy atom. The maximum absolute atomic E-state index is 14.4. The predicted molar refractivity (Wildman–Crippen MR) is 229 cm³/mol. The number of fused-ring (bicyclic) bond motifs is 1. The van der Waals surface area contributed by atoms with E-state index in [0.717, 1.165) is 22.3 Å². The van der Waals surface area contributed by atoms with Crippen LogP contribution in [0.15, 0.2) is 103 Å². The third-order valence-electron chi connectivity index (χ3n) is 11.0. The van der Waals surface area contributed by atoms with Crippen LogP contribution >= 0.6 is 0 Å². The number of aromatic nitrogens is 1. The van der Waals surface area contributed by atoms with E-state index in [0.29, 0.717) is 50.3 Å². The van der Waals surface area contributed by atoms with Gasteiger partial charge >= 0.3 is 11.9 Å². The van der Waals surface area contributed by atoms with Gasteiger partial charge in [0, 0.05) is 63.0 Å². The summed E-state index contributed by atoms with van der Waals surface area (Å²) >= 11 is 0. The summed E-state index contributed by atoms with van der Waals surface area (Å²) in [5.74, 6) is -2.51. The van der Waals surface area contributed by atoms with Crippen molar-refractivity contribution in [2.45, 2.75) is 88.9 Å². The largest absolute Gasteiger partial charge is 0.482 e. The van der Waals surface area contributed by atoms with Crippen LogP contribution in [0.25, 0.3) is 0 Å². The van der Waals surface area contributed by atoms with E-state index in [1.165, 1.54) is 0 Å². The third kappa shape index (κ3) is 13.2. The molecule has 6 atom stereocenters. The number of ether oxygens (including phenoxy) is 2. The number of rotatable bonds is 18. The van der Waals surface area contributed by atoms with Crippen molar-refractivity contribution in [2.24, 2.45) is 11.7 Å². The summed E-state index contributed by atoms with van der Waals surface area (Å²) in [5, 5.41) is 26.5. The van der Waals surface area contributed by atoms with Crippen LogP contribution in [0, 0.1) is 5.92 Å². The van der Waals surface area contributed by atoms with Crippen LogP contribution in [0.2, 0.25) is 0 Å². The quantitative estimate of drug-likeness (QED) is 0.0918. The fourth-order valence-corrected chi connectivity index (χ4v) is 8.06. The number of esters is 1. The number of hydrogen-bond donors (Lipinski definition) is 5. The molecule has 6 N–H and O–H groups in total. The Morgan fingerprint density at radius 1 is 0.902 bits per heavy atom. The topological polar surface area (TPSA) is 197 Å². The van der Waals surface area contributed by atoms with Gasteiger partial charge in [-0.3, -0.25) is 29.2 Å². The molecule has 61 heavy (non-hydrogen) atoms. The molecule has 324 valence electrons. The number of hydrogen-bond acceptors (Lipinski definition) is 11. The zero-order chi connectivity index (χ0) is 43.5. The molecule has 3 aromatic carbocycles. The van der Waals surface area contributed by atoms with Crippen LogP contribution in [-0.4, -0.2) is 111 Å². The summed E-state index contributed by atoms with van der Waals surface area (Å²) in [6, 6.07) is 25.6. The number of carboxylic acids is 1. The summed E-state index contributed by atoms with van der Waals surface area (Å²) < 4.78 is 12.0. The van der Waals surface area contributed by atoms with Gasteiger partial charge in [-0.2, -0.15) is 0 Å². The Hall–Kier alpha value is -5.67. The van der Waals surface area contributed by atoms with E-state index >= 15 is 0 Å². The third-order valence-corrected chi connectivity index (χ3v) is 11.0. The van der Waals surface area contributed by atoms with Gasteiger partial charge < -0.3 is 36.1 Å². The van der Waals surface area contributed by atoms with Crippen LogP contribution in [0.5, 0.6) is 5.75 Å². The van der Waals surface area contributed by atoms with E-state index < -0.39 is 60.3 Å². The Kier molecular flexibility index (Phi) is 15.3. The second-order valence-electron chi connectivity index (χ2n) is 17.1. The molecule has 0 spiro atoms. The van der Waals surface area contributed by atoms with Gasteiger partial charge in [-0.05, 0) is 86.1 Å². The Labute approximate surface area is 357 Å². The van der Waals surface area contributed by atoms with Crippen molar-refractivity contribution in [3.8, 4) is 5.75 Å². The highest BCUT2D eigenvalue weighted by Crippen LogP contribution is 2.32. The predicted octanol–water partition coefficient (Wildman–Crippen LogP) is 3.45. The molecule has 14 nitrogen and oxygen atoms in total. The van der Waals surface area contributed by atoms with Crippen molar-refractivity contribution in [1.29, 1.82) is 0 Å². The molecule has 2 heterocycles. The number of aliphatic hydroxyl groups is 1. The Balaban J connectivity index is 1.24. The van der Waals surface area contributed by atoms with Crippen molar-refractivity contribution in [3.05, 3.63) is 131 Å². The van der Waals surface area contributed by atoms with Gasteiger partial charge in [0.2, 0.25) is 11.8 Å². The molecule has 1 aromatic heterocycles. The number of aliphatic hydroxyl groups excluding tert-OH is 1. The van der Waals surface area contributed by atoms with Crippen LogP contribution in [0.3, 0.4) is 0 Å². The maximum atomic E-state index is 14.4. The van der Waals surface area contributed by atoms with Crippen molar-refractivity contribution in [3.63, 3.8) is 0 Å². The Bertz CT molecular complexity index is 2080. The number of piperazine rings is 1. The molecule has 0 unspecified atom stereocenters. The van der Waals surface area contributed by atoms with Crippen molar-refractivity contribution >= 4 is 23.8 Å². The van der Waals surface area contributed by atoms with Crippen LogP contribution in [-0.2, 0) is 49.7 Å². The van der Waals surface area contributed by atoms with Gasteiger partial charge in [-0.25, -0.2) is 4.79 Å². The van der Waals surface area contributed by atoms with Crippen molar-refractivity contribution in [1.82, 2.24) is 25.4 Å². The lowest BCUT2D eigenvalue weighted by Crippen LogP contribution is -2.62. The minimum absolute atomic E-state index is 0.124. The smallest absolute Gasteiger partial charge is 0.344 e. The number of nitrogens with two attached hydrogens (primary N) is 1. The first-order chi connectivity index (χ1) is 29.2. The molecule has 0 bridgehead atoms. The normalized spacial score (nSPS) is 19.5. The molecule has 2 aliphatic rings. The molecule has 1 aliphatic carbocycles. The monoisotopic (exact) mass is 834 g/mol. The number of nitrogens with zero attached hydrogens (tertiary/aromatic N) is 3. The number of benzene rings is 3. The van der Waals surface area contributed by atoms with Crippen LogP contribution in [0.1, 0.15) is 61.1 Å². The molecule has 14 heteroatoms. The summed E-state index contributed by atoms with van der Waals surface area (Å²) in [6.45, 7) is 7.69. The molecular formula is C47H58N6O8. The first kappa shape index (κ1) is 44.9. The number of nitrogens with one attached hydrogen (secondary N) is 2. The maximum Gasteiger partial charge on any atom is 0.344 e. The van der Waals surface area contributed by atoms with E-state index in [-0.39, 0.29) is 31.2 Å². The highest BCUT2D eigenvalue weighted by atomic mass is 16.6. The van der Waals surface area contributed by atoms with Gasteiger partial charge in [-0.1, -0.05) is 72.8 Å². The first-order valence-electron chi connectivity index (χ1n) is 20.9. The van der Waals surface area contributed by atoms with E-state index in [9.17, 15) is 29.4 Å². The van der Waals surface area contributed by atoms with Gasteiger partial charge in [0.1, 0.15) is 23.9 Å². The zero-order valence-electron chi connectivity index (χ0n) is 35.1. The van der Waals surface area contributed by atoms with Gasteiger partial charge in [-0.15, -0.1) is 0 Å². The molecule has 4 aromatic rings. The van der Waals surface area contributed by atoms with Crippen molar-refractivity contribution < 1.29 is 38.9 Å². The minimum Gasteiger partial charge on any atom is -0.482 e. The van der Waals surface area contributed by atoms with Crippen LogP contribution < -0.4 is 21.1 Å².